The summed E-state index contributed by atoms with van der Waals surface area (Å²) in [4.78, 5) is 12.3. The molecule has 4 rings (SSSR count). The fraction of sp³-hybridized carbons (Fsp3) is 0.222. The molecule has 1 amide bonds. The fourth-order valence-electron chi connectivity index (χ4n) is 3.44. The van der Waals surface area contributed by atoms with Crippen LogP contribution in [0, 0.1) is 5.92 Å². The van der Waals surface area contributed by atoms with E-state index >= 15 is 0 Å². The summed E-state index contributed by atoms with van der Waals surface area (Å²) < 4.78 is 0. The molecule has 0 heterocycles. The van der Waals surface area contributed by atoms with Crippen LogP contribution in [0.5, 0.6) is 0 Å². The van der Waals surface area contributed by atoms with Gasteiger partial charge in [0.1, 0.15) is 0 Å². The van der Waals surface area contributed by atoms with Gasteiger partial charge in [-0.25, -0.2) is 0 Å². The molecule has 0 atom stereocenters. The van der Waals surface area contributed by atoms with E-state index in [-0.39, 0.29) is 5.91 Å². The number of carbonyl (C=O) groups is 1. The largest absolute Gasteiger partial charge is 0.323 e. The molecule has 0 saturated heterocycles. The molecule has 0 unspecified atom stereocenters. The van der Waals surface area contributed by atoms with Crippen LogP contribution >= 0.6 is 11.6 Å². The van der Waals surface area contributed by atoms with Gasteiger partial charge in [0.15, 0.2) is 0 Å². The van der Waals surface area contributed by atoms with Gasteiger partial charge < -0.3 is 10.6 Å². The monoisotopic (exact) mass is 430 g/mol. The van der Waals surface area contributed by atoms with E-state index in [1.807, 2.05) is 66.7 Å². The van der Waals surface area contributed by atoms with E-state index in [1.54, 1.807) is 6.08 Å². The Kier molecular flexibility index (Phi) is 7.18. The molecule has 1 saturated carbocycles. The molecule has 1 aliphatic rings. The zero-order valence-electron chi connectivity index (χ0n) is 17.5. The molecule has 1 aliphatic carbocycles. The minimum Gasteiger partial charge on any atom is -0.323 e. The summed E-state index contributed by atoms with van der Waals surface area (Å²) in [7, 11) is 0. The molecule has 158 valence electrons. The van der Waals surface area contributed by atoms with Gasteiger partial charge in [0.2, 0.25) is 5.91 Å². The summed E-state index contributed by atoms with van der Waals surface area (Å²) in [6.07, 6.45) is 7.51. The predicted octanol–water partition coefficient (Wildman–Crippen LogP) is 6.55. The fourth-order valence-corrected chi connectivity index (χ4v) is 3.56. The van der Waals surface area contributed by atoms with Crippen molar-refractivity contribution >= 4 is 29.3 Å². The van der Waals surface area contributed by atoms with Crippen molar-refractivity contribution in [1.82, 2.24) is 5.32 Å². The van der Waals surface area contributed by atoms with Gasteiger partial charge in [0.05, 0.1) is 0 Å². The highest BCUT2D eigenvalue weighted by molar-refractivity contribution is 6.30. The highest BCUT2D eigenvalue weighted by atomic mass is 35.5. The Morgan fingerprint density at radius 3 is 2.19 bits per heavy atom. The van der Waals surface area contributed by atoms with Gasteiger partial charge in [0, 0.05) is 23.3 Å². The Morgan fingerprint density at radius 1 is 0.903 bits per heavy atom. The Hall–Kier alpha value is -2.88. The van der Waals surface area contributed by atoms with E-state index in [0.717, 1.165) is 46.4 Å². The molecule has 0 spiro atoms. The standard InChI is InChI=1S/C27H27ClN2O/c28-25-12-8-23(9-13-25)24-10-14-26(15-11-24)30-27(31)16-7-20-3-5-22(6-4-20)19-29-18-17-21-1-2-21/h3-16,21,29H,1-2,17-19H2,(H,30,31). The first-order chi connectivity index (χ1) is 15.2. The first-order valence-electron chi connectivity index (χ1n) is 10.8. The lowest BCUT2D eigenvalue weighted by atomic mass is 10.1. The third-order valence-electron chi connectivity index (χ3n) is 5.49. The molecule has 3 aromatic carbocycles. The topological polar surface area (TPSA) is 41.1 Å². The predicted molar refractivity (Wildman–Crippen MR) is 130 cm³/mol. The summed E-state index contributed by atoms with van der Waals surface area (Å²) in [5, 5.41) is 7.12. The number of halogens is 1. The Bertz CT molecular complexity index is 1020. The van der Waals surface area contributed by atoms with Crippen LogP contribution < -0.4 is 10.6 Å². The van der Waals surface area contributed by atoms with E-state index < -0.39 is 0 Å². The zero-order valence-corrected chi connectivity index (χ0v) is 18.2. The highest BCUT2D eigenvalue weighted by Gasteiger charge is 2.19. The second-order valence-corrected chi connectivity index (χ2v) is 8.49. The van der Waals surface area contributed by atoms with Crippen LogP contribution in [0.2, 0.25) is 5.02 Å². The second-order valence-electron chi connectivity index (χ2n) is 8.06. The van der Waals surface area contributed by atoms with Crippen molar-refractivity contribution in [2.45, 2.75) is 25.8 Å². The molecule has 0 bridgehead atoms. The Morgan fingerprint density at radius 2 is 1.55 bits per heavy atom. The van der Waals surface area contributed by atoms with Gasteiger partial charge in [-0.05, 0) is 71.5 Å². The zero-order chi connectivity index (χ0) is 21.5. The summed E-state index contributed by atoms with van der Waals surface area (Å²) >= 11 is 5.94. The van der Waals surface area contributed by atoms with Crippen molar-refractivity contribution in [3.05, 3.63) is 95.0 Å². The lowest BCUT2D eigenvalue weighted by Crippen LogP contribution is -2.15. The third kappa shape index (κ3) is 6.81. The molecule has 31 heavy (non-hydrogen) atoms. The van der Waals surface area contributed by atoms with Gasteiger partial charge in [-0.1, -0.05) is 73.0 Å². The molecule has 3 nitrogen and oxygen atoms in total. The van der Waals surface area contributed by atoms with Crippen LogP contribution in [-0.2, 0) is 11.3 Å². The molecule has 0 radical (unpaired) electrons. The minimum absolute atomic E-state index is 0.148. The smallest absolute Gasteiger partial charge is 0.248 e. The number of carbonyl (C=O) groups excluding carboxylic acids is 1. The SMILES string of the molecule is O=C(C=Cc1ccc(CNCCC2CC2)cc1)Nc1ccc(-c2ccc(Cl)cc2)cc1. The maximum atomic E-state index is 12.3. The van der Waals surface area contributed by atoms with Crippen LogP contribution in [0.1, 0.15) is 30.4 Å². The molecular weight excluding hydrogens is 404 g/mol. The van der Waals surface area contributed by atoms with Crippen molar-refractivity contribution < 1.29 is 4.79 Å². The van der Waals surface area contributed by atoms with E-state index in [0.29, 0.717) is 0 Å². The number of rotatable bonds is 9. The Balaban J connectivity index is 1.25. The third-order valence-corrected chi connectivity index (χ3v) is 5.74. The van der Waals surface area contributed by atoms with Gasteiger partial charge in [-0.2, -0.15) is 0 Å². The lowest BCUT2D eigenvalue weighted by Gasteiger charge is -2.06. The molecule has 1 fully saturated rings. The first-order valence-corrected chi connectivity index (χ1v) is 11.2. The van der Waals surface area contributed by atoms with Crippen LogP contribution in [0.15, 0.2) is 78.9 Å². The number of hydrogen-bond acceptors (Lipinski definition) is 2. The summed E-state index contributed by atoms with van der Waals surface area (Å²) in [5.74, 6) is 0.817. The molecule has 0 aliphatic heterocycles. The summed E-state index contributed by atoms with van der Waals surface area (Å²) in [6, 6.07) is 23.8. The van der Waals surface area contributed by atoms with Crippen molar-refractivity contribution in [3.63, 3.8) is 0 Å². The molecular formula is C27H27ClN2O. The van der Waals surface area contributed by atoms with Crippen LogP contribution in [0.25, 0.3) is 17.2 Å². The first kappa shape index (κ1) is 21.4. The number of hydrogen-bond donors (Lipinski definition) is 2. The minimum atomic E-state index is -0.148. The van der Waals surface area contributed by atoms with Gasteiger partial charge in [-0.3, -0.25) is 4.79 Å². The quantitative estimate of drug-likeness (QED) is 0.298. The molecule has 2 N–H and O–H groups in total. The number of anilines is 1. The van der Waals surface area contributed by atoms with Gasteiger partial charge in [-0.15, -0.1) is 0 Å². The summed E-state index contributed by atoms with van der Waals surface area (Å²) in [6.45, 7) is 1.98. The van der Waals surface area contributed by atoms with Crippen LogP contribution in [0.3, 0.4) is 0 Å². The highest BCUT2D eigenvalue weighted by Crippen LogP contribution is 2.31. The van der Waals surface area contributed by atoms with Crippen molar-refractivity contribution in [2.24, 2.45) is 5.92 Å². The average Bonchev–Trinajstić information content (AvgIpc) is 3.62. The Labute approximate surface area is 189 Å². The van der Waals surface area contributed by atoms with Crippen molar-refractivity contribution in [3.8, 4) is 11.1 Å². The molecule has 3 aromatic rings. The average molecular weight is 431 g/mol. The summed E-state index contributed by atoms with van der Waals surface area (Å²) in [5.41, 5.74) is 5.20. The number of amides is 1. The lowest BCUT2D eigenvalue weighted by molar-refractivity contribution is -0.111. The van der Waals surface area contributed by atoms with Crippen molar-refractivity contribution in [2.75, 3.05) is 11.9 Å². The maximum absolute atomic E-state index is 12.3. The van der Waals surface area contributed by atoms with Crippen LogP contribution in [0.4, 0.5) is 5.69 Å². The maximum Gasteiger partial charge on any atom is 0.248 e. The number of nitrogens with one attached hydrogen (secondary N) is 2. The molecule has 0 aromatic heterocycles. The number of benzene rings is 3. The van der Waals surface area contributed by atoms with E-state index in [2.05, 4.69) is 22.8 Å². The van der Waals surface area contributed by atoms with E-state index in [1.165, 1.54) is 24.8 Å². The van der Waals surface area contributed by atoms with E-state index in [4.69, 9.17) is 11.6 Å². The van der Waals surface area contributed by atoms with Crippen molar-refractivity contribution in [1.29, 1.82) is 0 Å². The molecule has 4 heteroatoms. The normalized spacial score (nSPS) is 13.5. The van der Waals surface area contributed by atoms with Gasteiger partial charge in [0.25, 0.3) is 0 Å². The van der Waals surface area contributed by atoms with E-state index in [9.17, 15) is 4.79 Å². The van der Waals surface area contributed by atoms with Crippen LogP contribution in [-0.4, -0.2) is 12.5 Å². The second kappa shape index (κ2) is 10.4. The van der Waals surface area contributed by atoms with Gasteiger partial charge >= 0.3 is 0 Å².